The first-order chi connectivity index (χ1) is 9.95. The fourth-order valence-electron chi connectivity index (χ4n) is 2.46. The van der Waals surface area contributed by atoms with E-state index < -0.39 is 10.0 Å². The lowest BCUT2D eigenvalue weighted by atomic mass is 10.0. The Morgan fingerprint density at radius 2 is 2.38 bits per heavy atom. The Morgan fingerprint density at radius 1 is 1.62 bits per heavy atom. The highest BCUT2D eigenvalue weighted by atomic mass is 32.2. The number of aromatic nitrogens is 1. The normalized spacial score (nSPS) is 22.3. The van der Waals surface area contributed by atoms with E-state index in [0.29, 0.717) is 13.2 Å². The van der Waals surface area contributed by atoms with E-state index in [1.807, 2.05) is 6.92 Å². The maximum absolute atomic E-state index is 12.4. The zero-order chi connectivity index (χ0) is 15.5. The minimum absolute atomic E-state index is 0.0180. The third-order valence-corrected chi connectivity index (χ3v) is 5.23. The van der Waals surface area contributed by atoms with Crippen LogP contribution in [0.25, 0.3) is 0 Å². The molecule has 6 nitrogen and oxygen atoms in total. The average molecular weight is 329 g/mol. The van der Waals surface area contributed by atoms with Gasteiger partial charge in [-0.1, -0.05) is 19.1 Å². The Balaban J connectivity index is 2.14. The summed E-state index contributed by atoms with van der Waals surface area (Å²) < 4.78 is 33.0. The monoisotopic (exact) mass is 329 g/mol. The minimum atomic E-state index is -3.69. The van der Waals surface area contributed by atoms with Gasteiger partial charge in [-0.25, -0.2) is 13.1 Å². The number of nitrogens with two attached hydrogens (primary N) is 1. The molecule has 0 spiro atoms. The van der Waals surface area contributed by atoms with Crippen molar-refractivity contribution in [3.8, 4) is 0 Å². The van der Waals surface area contributed by atoms with Crippen LogP contribution < -0.4 is 10.5 Å². The molecule has 1 saturated heterocycles. The summed E-state index contributed by atoms with van der Waals surface area (Å²) >= 11 is 4.85. The molecule has 1 aromatic rings. The van der Waals surface area contributed by atoms with Crippen molar-refractivity contribution < 1.29 is 13.2 Å². The number of nitrogens with zero attached hydrogens (tertiary/aromatic N) is 1. The molecule has 2 heterocycles. The maximum Gasteiger partial charge on any atom is 0.242 e. The number of rotatable bonds is 6. The summed E-state index contributed by atoms with van der Waals surface area (Å²) in [6.45, 7) is 3.05. The second-order valence-corrected chi connectivity index (χ2v) is 7.11. The van der Waals surface area contributed by atoms with Crippen LogP contribution in [0.2, 0.25) is 0 Å². The Labute approximate surface area is 130 Å². The lowest BCUT2D eigenvalue weighted by Crippen LogP contribution is -2.34. The highest BCUT2D eigenvalue weighted by Crippen LogP contribution is 2.23. The molecule has 21 heavy (non-hydrogen) atoms. The third-order valence-electron chi connectivity index (χ3n) is 3.58. The van der Waals surface area contributed by atoms with Crippen LogP contribution in [0.15, 0.2) is 23.2 Å². The highest BCUT2D eigenvalue weighted by Gasteiger charge is 2.29. The second-order valence-electron chi connectivity index (χ2n) is 4.93. The van der Waals surface area contributed by atoms with Crippen LogP contribution >= 0.6 is 12.2 Å². The van der Waals surface area contributed by atoms with Crippen molar-refractivity contribution in [2.75, 3.05) is 13.2 Å². The van der Waals surface area contributed by atoms with E-state index in [1.165, 1.54) is 12.3 Å². The number of thiocarbonyl (C=S) groups is 1. The molecule has 3 N–H and O–H groups in total. The highest BCUT2D eigenvalue weighted by molar-refractivity contribution is 7.89. The van der Waals surface area contributed by atoms with Gasteiger partial charge in [0, 0.05) is 25.3 Å². The van der Waals surface area contributed by atoms with Crippen LogP contribution in [0.4, 0.5) is 0 Å². The van der Waals surface area contributed by atoms with Crippen LogP contribution in [-0.4, -0.2) is 37.6 Å². The van der Waals surface area contributed by atoms with E-state index in [2.05, 4.69) is 9.71 Å². The molecule has 2 rings (SSSR count). The molecule has 0 radical (unpaired) electrons. The smallest absolute Gasteiger partial charge is 0.242 e. The molecule has 1 fully saturated rings. The number of ether oxygens (including phenoxy) is 1. The molecule has 0 amide bonds. The standard InChI is InChI=1S/C13H19N3O3S2/c1-2-10-9(5-7-19-10)8-16-21(17,18)11-4-3-6-15-12(11)13(14)20/h3-4,6,9-10,16H,2,5,7-8H2,1H3,(H2,14,20). The lowest BCUT2D eigenvalue weighted by Gasteiger charge is -2.17. The van der Waals surface area contributed by atoms with Crippen LogP contribution in [0.5, 0.6) is 0 Å². The van der Waals surface area contributed by atoms with Crippen molar-refractivity contribution in [3.63, 3.8) is 0 Å². The summed E-state index contributed by atoms with van der Waals surface area (Å²) in [6, 6.07) is 3.00. The molecule has 1 aliphatic heterocycles. The number of sulfonamides is 1. The van der Waals surface area contributed by atoms with Gasteiger partial charge >= 0.3 is 0 Å². The Morgan fingerprint density at radius 3 is 3.05 bits per heavy atom. The Kier molecular flexibility index (Phi) is 5.26. The van der Waals surface area contributed by atoms with Gasteiger partial charge in [0.15, 0.2) is 0 Å². The van der Waals surface area contributed by atoms with Crippen molar-refractivity contribution in [1.82, 2.24) is 9.71 Å². The van der Waals surface area contributed by atoms with Crippen LogP contribution in [0.1, 0.15) is 25.5 Å². The quantitative estimate of drug-likeness (QED) is 0.750. The molecule has 0 saturated carbocycles. The SMILES string of the molecule is CCC1OCCC1CNS(=O)(=O)c1cccnc1C(N)=S. The number of pyridine rings is 1. The van der Waals surface area contributed by atoms with Gasteiger partial charge in [0.1, 0.15) is 15.6 Å². The van der Waals surface area contributed by atoms with Crippen molar-refractivity contribution in [3.05, 3.63) is 24.0 Å². The van der Waals surface area contributed by atoms with Crippen molar-refractivity contribution in [1.29, 1.82) is 0 Å². The summed E-state index contributed by atoms with van der Waals surface area (Å²) in [6.07, 6.45) is 3.30. The Bertz CT molecular complexity index is 619. The molecule has 2 atom stereocenters. The molecule has 0 aromatic carbocycles. The third kappa shape index (κ3) is 3.76. The second kappa shape index (κ2) is 6.78. The van der Waals surface area contributed by atoms with E-state index in [9.17, 15) is 8.42 Å². The molecule has 1 aliphatic rings. The molecule has 0 aliphatic carbocycles. The predicted octanol–water partition coefficient (Wildman–Crippen LogP) is 0.809. The number of hydrogen-bond donors (Lipinski definition) is 2. The predicted molar refractivity (Wildman–Crippen MR) is 83.5 cm³/mol. The van der Waals surface area contributed by atoms with E-state index >= 15 is 0 Å². The number of hydrogen-bond acceptors (Lipinski definition) is 5. The fourth-order valence-corrected chi connectivity index (χ4v) is 3.96. The van der Waals surface area contributed by atoms with Crippen LogP contribution in [-0.2, 0) is 14.8 Å². The summed E-state index contributed by atoms with van der Waals surface area (Å²) in [5.74, 6) is 0.190. The zero-order valence-corrected chi connectivity index (χ0v) is 13.4. The molecule has 0 bridgehead atoms. The van der Waals surface area contributed by atoms with Crippen LogP contribution in [0.3, 0.4) is 0 Å². The van der Waals surface area contributed by atoms with Gasteiger partial charge in [-0.3, -0.25) is 4.98 Å². The minimum Gasteiger partial charge on any atom is -0.388 e. The van der Waals surface area contributed by atoms with E-state index in [0.717, 1.165) is 12.8 Å². The summed E-state index contributed by atoms with van der Waals surface area (Å²) in [5, 5.41) is 0. The lowest BCUT2D eigenvalue weighted by molar-refractivity contribution is 0.0884. The zero-order valence-electron chi connectivity index (χ0n) is 11.8. The van der Waals surface area contributed by atoms with Gasteiger partial charge in [0.05, 0.1) is 6.10 Å². The van der Waals surface area contributed by atoms with Crippen molar-refractivity contribution >= 4 is 27.2 Å². The van der Waals surface area contributed by atoms with Gasteiger partial charge in [0.2, 0.25) is 10.0 Å². The van der Waals surface area contributed by atoms with E-state index in [4.69, 9.17) is 22.7 Å². The Hall–Kier alpha value is -1.09. The summed E-state index contributed by atoms with van der Waals surface area (Å²) in [7, 11) is -3.69. The van der Waals surface area contributed by atoms with Gasteiger partial charge in [-0.2, -0.15) is 0 Å². The largest absolute Gasteiger partial charge is 0.388 e. The van der Waals surface area contributed by atoms with Gasteiger partial charge in [-0.15, -0.1) is 0 Å². The molecule has 8 heteroatoms. The average Bonchev–Trinajstić information content (AvgIpc) is 2.92. The fraction of sp³-hybridized carbons (Fsp3) is 0.538. The molecule has 2 unspecified atom stereocenters. The first kappa shape index (κ1) is 16.3. The van der Waals surface area contributed by atoms with E-state index in [1.54, 1.807) is 6.07 Å². The molecule has 116 valence electrons. The van der Waals surface area contributed by atoms with Gasteiger partial charge in [-0.05, 0) is 25.0 Å². The number of nitrogens with one attached hydrogen (secondary N) is 1. The first-order valence-corrected chi connectivity index (χ1v) is 8.71. The van der Waals surface area contributed by atoms with Crippen molar-refractivity contribution in [2.24, 2.45) is 11.7 Å². The first-order valence-electron chi connectivity index (χ1n) is 6.81. The van der Waals surface area contributed by atoms with Gasteiger partial charge < -0.3 is 10.5 Å². The molecular formula is C13H19N3O3S2. The molecule has 1 aromatic heterocycles. The van der Waals surface area contributed by atoms with Gasteiger partial charge in [0.25, 0.3) is 0 Å². The van der Waals surface area contributed by atoms with Crippen LogP contribution in [0, 0.1) is 5.92 Å². The summed E-state index contributed by atoms with van der Waals surface area (Å²) in [5.41, 5.74) is 5.65. The maximum atomic E-state index is 12.4. The topological polar surface area (TPSA) is 94.3 Å². The van der Waals surface area contributed by atoms with E-state index in [-0.39, 0.29) is 27.6 Å². The van der Waals surface area contributed by atoms with Crippen molar-refractivity contribution in [2.45, 2.75) is 30.8 Å². The summed E-state index contributed by atoms with van der Waals surface area (Å²) in [4.78, 5) is 3.93. The molecular weight excluding hydrogens is 310 g/mol.